The second-order valence-corrected chi connectivity index (χ2v) is 5.13. The van der Waals surface area contributed by atoms with Crippen LogP contribution in [0.25, 0.3) is 5.57 Å². The van der Waals surface area contributed by atoms with E-state index in [1.54, 1.807) is 61.7 Å². The van der Waals surface area contributed by atoms with Crippen LogP contribution in [0.1, 0.15) is 11.1 Å². The number of imide groups is 1. The van der Waals surface area contributed by atoms with Gasteiger partial charge >= 0.3 is 0 Å². The molecule has 1 aliphatic rings. The molecule has 1 heterocycles. The van der Waals surface area contributed by atoms with Crippen LogP contribution in [-0.2, 0) is 16.1 Å². The molecule has 0 radical (unpaired) electrons. The maximum absolute atomic E-state index is 12.5. The third-order valence-corrected chi connectivity index (χ3v) is 3.71. The molecule has 0 fully saturated rings. The van der Waals surface area contributed by atoms with Crippen molar-refractivity contribution in [3.63, 3.8) is 0 Å². The van der Waals surface area contributed by atoms with Crippen LogP contribution in [0.5, 0.6) is 5.75 Å². The molecule has 1 N–H and O–H groups in total. The lowest BCUT2D eigenvalue weighted by Crippen LogP contribution is -2.31. The molecular weight excluding hydrogens is 294 g/mol. The molecule has 0 aromatic heterocycles. The number of carbonyl (C=O) groups excluding carboxylic acids is 2. The highest BCUT2D eigenvalue weighted by atomic mass is 16.5. The summed E-state index contributed by atoms with van der Waals surface area (Å²) in [4.78, 5) is 25.8. The number of rotatable bonds is 4. The van der Waals surface area contributed by atoms with E-state index in [2.05, 4.69) is 0 Å². The second-order valence-electron chi connectivity index (χ2n) is 5.13. The van der Waals surface area contributed by atoms with Crippen molar-refractivity contribution in [3.8, 4) is 5.75 Å². The minimum Gasteiger partial charge on any atom is -0.502 e. The number of hydrogen-bond acceptors (Lipinski definition) is 4. The van der Waals surface area contributed by atoms with E-state index in [-0.39, 0.29) is 12.1 Å². The highest BCUT2D eigenvalue weighted by molar-refractivity contribution is 6.34. The van der Waals surface area contributed by atoms with Crippen molar-refractivity contribution in [2.75, 3.05) is 7.11 Å². The van der Waals surface area contributed by atoms with E-state index in [9.17, 15) is 14.7 Å². The van der Waals surface area contributed by atoms with Crippen molar-refractivity contribution in [3.05, 3.63) is 71.5 Å². The largest absolute Gasteiger partial charge is 0.502 e. The molecular formula is C18H15NO4. The van der Waals surface area contributed by atoms with Crippen molar-refractivity contribution in [1.29, 1.82) is 0 Å². The van der Waals surface area contributed by atoms with Gasteiger partial charge in [-0.1, -0.05) is 42.5 Å². The van der Waals surface area contributed by atoms with Gasteiger partial charge in [0.1, 0.15) is 5.75 Å². The number of carbonyl (C=O) groups is 2. The molecule has 3 rings (SSSR count). The molecule has 0 saturated heterocycles. The number of nitrogens with zero attached hydrogens (tertiary/aromatic N) is 1. The summed E-state index contributed by atoms with van der Waals surface area (Å²) >= 11 is 0. The van der Waals surface area contributed by atoms with Crippen LogP contribution in [0.2, 0.25) is 0 Å². The fourth-order valence-electron chi connectivity index (χ4n) is 2.49. The molecule has 5 nitrogen and oxygen atoms in total. The zero-order valence-electron chi connectivity index (χ0n) is 12.5. The normalized spacial score (nSPS) is 14.6. The number of amides is 2. The number of benzene rings is 2. The fraction of sp³-hybridized carbons (Fsp3) is 0.111. The van der Waals surface area contributed by atoms with Gasteiger partial charge in [-0.2, -0.15) is 0 Å². The number of aliphatic hydroxyl groups excluding tert-OH is 1. The first-order valence-electron chi connectivity index (χ1n) is 7.09. The first-order valence-corrected chi connectivity index (χ1v) is 7.09. The lowest BCUT2D eigenvalue weighted by molar-refractivity contribution is -0.138. The minimum atomic E-state index is -0.676. The van der Waals surface area contributed by atoms with Gasteiger partial charge in [-0.15, -0.1) is 0 Å². The zero-order valence-corrected chi connectivity index (χ0v) is 12.5. The second kappa shape index (κ2) is 5.96. The molecule has 23 heavy (non-hydrogen) atoms. The Bertz CT molecular complexity index is 778. The van der Waals surface area contributed by atoms with E-state index < -0.39 is 17.6 Å². The molecule has 116 valence electrons. The lowest BCUT2D eigenvalue weighted by atomic mass is 10.1. The molecule has 0 spiro atoms. The van der Waals surface area contributed by atoms with E-state index >= 15 is 0 Å². The topological polar surface area (TPSA) is 66.8 Å². The van der Waals surface area contributed by atoms with E-state index in [0.29, 0.717) is 11.3 Å². The number of hydrogen-bond donors (Lipinski definition) is 1. The van der Waals surface area contributed by atoms with E-state index in [4.69, 9.17) is 4.74 Å². The molecule has 0 aliphatic carbocycles. The first kappa shape index (κ1) is 14.8. The molecule has 1 aliphatic heterocycles. The van der Waals surface area contributed by atoms with Crippen LogP contribution in [0.15, 0.2) is 60.4 Å². The summed E-state index contributed by atoms with van der Waals surface area (Å²) in [5, 5.41) is 10.1. The molecule has 2 aromatic rings. The maximum atomic E-state index is 12.5. The Labute approximate surface area is 133 Å². The van der Waals surface area contributed by atoms with Crippen molar-refractivity contribution >= 4 is 17.4 Å². The lowest BCUT2D eigenvalue weighted by Gasteiger charge is -2.14. The molecule has 0 saturated carbocycles. The summed E-state index contributed by atoms with van der Waals surface area (Å²) in [6.45, 7) is 0.0993. The highest BCUT2D eigenvalue weighted by Crippen LogP contribution is 2.29. The third-order valence-electron chi connectivity index (χ3n) is 3.71. The average Bonchev–Trinajstić information content (AvgIpc) is 2.80. The Morgan fingerprint density at radius 1 is 0.957 bits per heavy atom. The molecule has 0 unspecified atom stereocenters. The Morgan fingerprint density at radius 3 is 2.22 bits per heavy atom. The quantitative estimate of drug-likeness (QED) is 0.881. The molecule has 5 heteroatoms. The summed E-state index contributed by atoms with van der Waals surface area (Å²) in [6, 6.07) is 15.7. The van der Waals surface area contributed by atoms with Gasteiger partial charge in [-0.05, 0) is 23.3 Å². The van der Waals surface area contributed by atoms with E-state index in [1.807, 2.05) is 0 Å². The van der Waals surface area contributed by atoms with Gasteiger partial charge in [0.15, 0.2) is 5.76 Å². The standard InChI is InChI=1S/C18H15NO4/c1-23-14-9-7-12(8-10-14)11-19-17(21)15(16(20)18(19)22)13-5-3-2-4-6-13/h2-10,20H,11H2,1H3. The number of ether oxygens (including phenoxy) is 1. The summed E-state index contributed by atoms with van der Waals surface area (Å²) in [6.07, 6.45) is 0. The maximum Gasteiger partial charge on any atom is 0.296 e. The van der Waals surface area contributed by atoms with Crippen LogP contribution in [0.3, 0.4) is 0 Å². The van der Waals surface area contributed by atoms with Gasteiger partial charge in [0.25, 0.3) is 11.8 Å². The number of aliphatic hydroxyl groups is 1. The zero-order chi connectivity index (χ0) is 16.4. The minimum absolute atomic E-state index is 0.0455. The summed E-state index contributed by atoms with van der Waals surface area (Å²) < 4.78 is 5.08. The van der Waals surface area contributed by atoms with Crippen LogP contribution < -0.4 is 4.74 Å². The van der Waals surface area contributed by atoms with Gasteiger partial charge in [0.05, 0.1) is 19.2 Å². The van der Waals surface area contributed by atoms with Crippen molar-refractivity contribution in [2.45, 2.75) is 6.54 Å². The molecule has 0 bridgehead atoms. The van der Waals surface area contributed by atoms with Crippen LogP contribution in [0, 0.1) is 0 Å². The van der Waals surface area contributed by atoms with Crippen molar-refractivity contribution < 1.29 is 19.4 Å². The van der Waals surface area contributed by atoms with Gasteiger partial charge in [0.2, 0.25) is 0 Å². The SMILES string of the molecule is COc1ccc(CN2C(=O)C(O)=C(c3ccccc3)C2=O)cc1. The first-order chi connectivity index (χ1) is 11.1. The molecule has 2 aromatic carbocycles. The molecule has 2 amide bonds. The summed E-state index contributed by atoms with van der Waals surface area (Å²) in [7, 11) is 1.57. The summed E-state index contributed by atoms with van der Waals surface area (Å²) in [5.41, 5.74) is 1.35. The Kier molecular flexibility index (Phi) is 3.85. The highest BCUT2D eigenvalue weighted by Gasteiger charge is 2.38. The Morgan fingerprint density at radius 2 is 1.61 bits per heavy atom. The van der Waals surface area contributed by atoms with Crippen molar-refractivity contribution in [1.82, 2.24) is 4.90 Å². The monoisotopic (exact) mass is 309 g/mol. The Balaban J connectivity index is 1.86. The smallest absolute Gasteiger partial charge is 0.296 e. The van der Waals surface area contributed by atoms with Gasteiger partial charge in [-0.3, -0.25) is 14.5 Å². The fourth-order valence-corrected chi connectivity index (χ4v) is 2.49. The third kappa shape index (κ3) is 2.68. The molecule has 0 atom stereocenters. The van der Waals surface area contributed by atoms with Crippen molar-refractivity contribution in [2.24, 2.45) is 0 Å². The Hall–Kier alpha value is -3.08. The van der Waals surface area contributed by atoms with E-state index in [0.717, 1.165) is 10.5 Å². The van der Waals surface area contributed by atoms with Crippen LogP contribution >= 0.6 is 0 Å². The average molecular weight is 309 g/mol. The summed E-state index contributed by atoms with van der Waals surface area (Å²) in [5.74, 6) is -0.979. The van der Waals surface area contributed by atoms with E-state index in [1.165, 1.54) is 0 Å². The van der Waals surface area contributed by atoms with Crippen LogP contribution in [0.4, 0.5) is 0 Å². The van der Waals surface area contributed by atoms with Gasteiger partial charge in [-0.25, -0.2) is 0 Å². The predicted octanol–water partition coefficient (Wildman–Crippen LogP) is 2.53. The number of methoxy groups -OCH3 is 1. The van der Waals surface area contributed by atoms with Crippen LogP contribution in [-0.4, -0.2) is 28.9 Å². The van der Waals surface area contributed by atoms with Gasteiger partial charge < -0.3 is 9.84 Å². The van der Waals surface area contributed by atoms with Gasteiger partial charge in [0, 0.05) is 0 Å². The predicted molar refractivity (Wildman–Crippen MR) is 84.5 cm³/mol.